The number of hydrogen-bond acceptors (Lipinski definition) is 3. The molecule has 0 saturated carbocycles. The average molecular weight is 236 g/mol. The van der Waals surface area contributed by atoms with E-state index in [1.165, 1.54) is 12.1 Å². The molecule has 0 amide bonds. The van der Waals surface area contributed by atoms with Crippen molar-refractivity contribution in [3.8, 4) is 0 Å². The van der Waals surface area contributed by atoms with Gasteiger partial charge in [-0.05, 0) is 38.7 Å². The number of carbonyl (C=O) groups excluding carboxylic acids is 1. The molecule has 0 bridgehead atoms. The SMILES string of the molecule is CN(C)C1CCN(c2cc(F)cc(C=O)c2)C1. The van der Waals surface area contributed by atoms with Crippen molar-refractivity contribution >= 4 is 12.0 Å². The summed E-state index contributed by atoms with van der Waals surface area (Å²) >= 11 is 0. The van der Waals surface area contributed by atoms with Crippen LogP contribution in [-0.4, -0.2) is 44.4 Å². The van der Waals surface area contributed by atoms with Crippen molar-refractivity contribution in [2.75, 3.05) is 32.1 Å². The molecule has 1 aromatic carbocycles. The minimum absolute atomic E-state index is 0.349. The van der Waals surface area contributed by atoms with Crippen LogP contribution in [0.1, 0.15) is 16.8 Å². The number of carbonyl (C=O) groups is 1. The standard InChI is InChI=1S/C13H17FN2O/c1-15(2)12-3-4-16(8-12)13-6-10(9-17)5-11(14)7-13/h5-7,9,12H,3-4,8H2,1-2H3. The molecule has 1 saturated heterocycles. The van der Waals surface area contributed by atoms with Crippen molar-refractivity contribution in [2.24, 2.45) is 0 Å². The van der Waals surface area contributed by atoms with Gasteiger partial charge < -0.3 is 9.80 Å². The molecule has 1 heterocycles. The molecule has 17 heavy (non-hydrogen) atoms. The molecule has 0 N–H and O–H groups in total. The maximum Gasteiger partial charge on any atom is 0.150 e. The van der Waals surface area contributed by atoms with Gasteiger partial charge in [0.25, 0.3) is 0 Å². The number of rotatable bonds is 3. The first-order chi connectivity index (χ1) is 8.10. The zero-order valence-electron chi connectivity index (χ0n) is 10.2. The van der Waals surface area contributed by atoms with Crippen LogP contribution in [0, 0.1) is 5.82 Å². The Morgan fingerprint density at radius 1 is 1.41 bits per heavy atom. The van der Waals surface area contributed by atoms with Gasteiger partial charge >= 0.3 is 0 Å². The summed E-state index contributed by atoms with van der Waals surface area (Å²) in [5.74, 6) is -0.349. The highest BCUT2D eigenvalue weighted by Gasteiger charge is 2.24. The zero-order chi connectivity index (χ0) is 12.4. The van der Waals surface area contributed by atoms with Crippen molar-refractivity contribution in [1.82, 2.24) is 4.90 Å². The summed E-state index contributed by atoms with van der Waals surface area (Å²) in [6.45, 7) is 1.79. The van der Waals surface area contributed by atoms with E-state index in [1.54, 1.807) is 6.07 Å². The van der Waals surface area contributed by atoms with E-state index in [-0.39, 0.29) is 5.82 Å². The molecule has 1 fully saturated rings. The third-order valence-corrected chi connectivity index (χ3v) is 3.30. The van der Waals surface area contributed by atoms with Gasteiger partial charge in [-0.1, -0.05) is 0 Å². The van der Waals surface area contributed by atoms with E-state index in [9.17, 15) is 9.18 Å². The maximum atomic E-state index is 13.3. The molecule has 92 valence electrons. The van der Waals surface area contributed by atoms with Crippen LogP contribution in [0.4, 0.5) is 10.1 Å². The van der Waals surface area contributed by atoms with Crippen molar-refractivity contribution in [1.29, 1.82) is 0 Å². The Morgan fingerprint density at radius 3 is 2.76 bits per heavy atom. The number of nitrogens with zero attached hydrogens (tertiary/aromatic N) is 2. The fraction of sp³-hybridized carbons (Fsp3) is 0.462. The molecular formula is C13H17FN2O. The number of anilines is 1. The molecular weight excluding hydrogens is 219 g/mol. The number of benzene rings is 1. The minimum Gasteiger partial charge on any atom is -0.370 e. The summed E-state index contributed by atoms with van der Waals surface area (Å²) < 4.78 is 13.3. The molecule has 0 aromatic heterocycles. The van der Waals surface area contributed by atoms with Crippen LogP contribution in [0.25, 0.3) is 0 Å². The minimum atomic E-state index is -0.349. The van der Waals surface area contributed by atoms with Crippen LogP contribution in [0.3, 0.4) is 0 Å². The summed E-state index contributed by atoms with van der Waals surface area (Å²) in [5, 5.41) is 0. The number of aldehydes is 1. The Kier molecular flexibility index (Phi) is 3.43. The average Bonchev–Trinajstić information content (AvgIpc) is 2.77. The molecule has 1 atom stereocenters. The number of halogens is 1. The second kappa shape index (κ2) is 4.84. The lowest BCUT2D eigenvalue weighted by Gasteiger charge is -2.22. The molecule has 2 rings (SSSR count). The highest BCUT2D eigenvalue weighted by Crippen LogP contribution is 2.23. The molecule has 1 aromatic rings. The summed E-state index contributed by atoms with van der Waals surface area (Å²) in [7, 11) is 4.10. The van der Waals surface area contributed by atoms with Gasteiger partial charge in [0.15, 0.2) is 0 Å². The fourth-order valence-electron chi connectivity index (χ4n) is 2.24. The molecule has 3 nitrogen and oxygen atoms in total. The second-order valence-corrected chi connectivity index (χ2v) is 4.71. The lowest BCUT2D eigenvalue weighted by atomic mass is 10.2. The quantitative estimate of drug-likeness (QED) is 0.747. The van der Waals surface area contributed by atoms with Crippen LogP contribution < -0.4 is 4.90 Å². The van der Waals surface area contributed by atoms with E-state index in [0.717, 1.165) is 25.2 Å². The Balaban J connectivity index is 2.18. The third kappa shape index (κ3) is 2.64. The van der Waals surface area contributed by atoms with E-state index >= 15 is 0 Å². The van der Waals surface area contributed by atoms with Crippen molar-refractivity contribution < 1.29 is 9.18 Å². The fourth-order valence-corrected chi connectivity index (χ4v) is 2.24. The van der Waals surface area contributed by atoms with Gasteiger partial charge in [0.1, 0.15) is 12.1 Å². The van der Waals surface area contributed by atoms with Crippen LogP contribution in [0.2, 0.25) is 0 Å². The molecule has 4 heteroatoms. The lowest BCUT2D eigenvalue weighted by molar-refractivity contribution is 0.112. The topological polar surface area (TPSA) is 23.6 Å². The van der Waals surface area contributed by atoms with Crippen LogP contribution in [0.15, 0.2) is 18.2 Å². The summed E-state index contributed by atoms with van der Waals surface area (Å²) in [4.78, 5) is 15.0. The Bertz CT molecular complexity index is 420. The highest BCUT2D eigenvalue weighted by molar-refractivity contribution is 5.77. The molecule has 1 unspecified atom stereocenters. The summed E-state index contributed by atoms with van der Waals surface area (Å²) in [5.41, 5.74) is 1.20. The van der Waals surface area contributed by atoms with E-state index in [4.69, 9.17) is 0 Å². The van der Waals surface area contributed by atoms with E-state index in [0.29, 0.717) is 17.9 Å². The summed E-state index contributed by atoms with van der Waals surface area (Å²) in [6.07, 6.45) is 1.76. The Morgan fingerprint density at radius 2 is 2.18 bits per heavy atom. The molecule has 0 spiro atoms. The third-order valence-electron chi connectivity index (χ3n) is 3.30. The summed E-state index contributed by atoms with van der Waals surface area (Å²) in [6, 6.07) is 4.99. The normalized spacial score (nSPS) is 20.0. The van der Waals surface area contributed by atoms with E-state index in [2.05, 4.69) is 23.9 Å². The molecule has 1 aliphatic rings. The van der Waals surface area contributed by atoms with Gasteiger partial charge in [-0.2, -0.15) is 0 Å². The number of hydrogen-bond donors (Lipinski definition) is 0. The van der Waals surface area contributed by atoms with Crippen LogP contribution in [-0.2, 0) is 0 Å². The second-order valence-electron chi connectivity index (χ2n) is 4.71. The molecule has 0 aliphatic carbocycles. The first kappa shape index (κ1) is 12.0. The Hall–Kier alpha value is -1.42. The smallest absolute Gasteiger partial charge is 0.150 e. The maximum absolute atomic E-state index is 13.3. The monoisotopic (exact) mass is 236 g/mol. The van der Waals surface area contributed by atoms with Crippen LogP contribution >= 0.6 is 0 Å². The largest absolute Gasteiger partial charge is 0.370 e. The highest BCUT2D eigenvalue weighted by atomic mass is 19.1. The van der Waals surface area contributed by atoms with Crippen molar-refractivity contribution in [2.45, 2.75) is 12.5 Å². The van der Waals surface area contributed by atoms with Crippen LogP contribution in [0.5, 0.6) is 0 Å². The Labute approximate surface area is 101 Å². The van der Waals surface area contributed by atoms with Gasteiger partial charge in [0.2, 0.25) is 0 Å². The van der Waals surface area contributed by atoms with E-state index in [1.807, 2.05) is 0 Å². The number of likely N-dealkylation sites (N-methyl/N-ethyl adjacent to an activating group) is 1. The van der Waals surface area contributed by atoms with Gasteiger partial charge in [-0.25, -0.2) is 4.39 Å². The lowest BCUT2D eigenvalue weighted by Crippen LogP contribution is -2.31. The van der Waals surface area contributed by atoms with Gasteiger partial charge in [0, 0.05) is 30.4 Å². The molecule has 0 radical (unpaired) electrons. The van der Waals surface area contributed by atoms with Gasteiger partial charge in [-0.15, -0.1) is 0 Å². The van der Waals surface area contributed by atoms with Gasteiger partial charge in [0.05, 0.1) is 0 Å². The zero-order valence-corrected chi connectivity index (χ0v) is 10.2. The first-order valence-electron chi connectivity index (χ1n) is 5.77. The molecule has 1 aliphatic heterocycles. The van der Waals surface area contributed by atoms with E-state index < -0.39 is 0 Å². The van der Waals surface area contributed by atoms with Gasteiger partial charge in [-0.3, -0.25) is 4.79 Å². The van der Waals surface area contributed by atoms with Crippen molar-refractivity contribution in [3.05, 3.63) is 29.6 Å². The van der Waals surface area contributed by atoms with Crippen molar-refractivity contribution in [3.63, 3.8) is 0 Å². The predicted octanol–water partition coefficient (Wildman–Crippen LogP) is 1.78. The predicted molar refractivity (Wildman–Crippen MR) is 66.1 cm³/mol. The first-order valence-corrected chi connectivity index (χ1v) is 5.77.